The average Bonchev–Trinajstić information content (AvgIpc) is 3.55. The Kier molecular flexibility index (Phi) is 10.8. The van der Waals surface area contributed by atoms with Crippen LogP contribution in [0.15, 0.2) is 175 Å². The van der Waals surface area contributed by atoms with E-state index in [4.69, 9.17) is 35.3 Å². The Morgan fingerprint density at radius 3 is 1.00 bits per heavy atom. The lowest BCUT2D eigenvalue weighted by molar-refractivity contribution is 0.0365. The molecule has 2 aromatic heterocycles. The summed E-state index contributed by atoms with van der Waals surface area (Å²) in [5, 5.41) is 5.97. The van der Waals surface area contributed by atoms with Crippen LogP contribution >= 0.6 is 16.5 Å². The topological polar surface area (TPSA) is 124 Å². The van der Waals surface area contributed by atoms with Crippen LogP contribution in [0.5, 0.6) is 11.5 Å². The van der Waals surface area contributed by atoms with Gasteiger partial charge in [-0.25, -0.2) is 9.59 Å². The van der Waals surface area contributed by atoms with E-state index in [-0.39, 0.29) is 22.6 Å². The van der Waals surface area contributed by atoms with Gasteiger partial charge in [0.25, 0.3) is 0 Å². The van der Waals surface area contributed by atoms with Gasteiger partial charge in [0.15, 0.2) is 11.5 Å². The minimum atomic E-state index is -2.32. The van der Waals surface area contributed by atoms with Crippen molar-refractivity contribution in [3.05, 3.63) is 169 Å². The molecule has 0 bridgehead atoms. The number of carbonyl (C=O) groups excluding carboxylic acids is 2. The van der Waals surface area contributed by atoms with Gasteiger partial charge < -0.3 is 35.3 Å². The van der Waals surface area contributed by atoms with Crippen molar-refractivity contribution in [2.24, 2.45) is 0 Å². The summed E-state index contributed by atoms with van der Waals surface area (Å²) in [6.07, 6.45) is -0.950. The highest BCUT2D eigenvalue weighted by atomic mass is 31.1. The first kappa shape index (κ1) is 40.7. The Hall–Kier alpha value is -7.38. The molecule has 0 unspecified atom stereocenters. The van der Waals surface area contributed by atoms with E-state index >= 15 is 0 Å². The molecular formula is C52H40O10P2. The number of hydrogen-bond acceptors (Lipinski definition) is 10. The van der Waals surface area contributed by atoms with Crippen LogP contribution in [0, 0.1) is 0 Å². The van der Waals surface area contributed by atoms with Gasteiger partial charge in [-0.05, 0) is 85.6 Å². The average molecular weight is 887 g/mol. The Bertz CT molecular complexity index is 3180. The van der Waals surface area contributed by atoms with E-state index in [1.165, 1.54) is 0 Å². The molecule has 0 N–H and O–H groups in total. The second kappa shape index (κ2) is 17.1. The zero-order chi connectivity index (χ0) is 43.9. The first-order valence-corrected chi connectivity index (χ1v) is 23.0. The largest absolute Gasteiger partial charge is 0.459 e. The number of benzene rings is 8. The summed E-state index contributed by atoms with van der Waals surface area (Å²) in [7, 11) is -4.64. The van der Waals surface area contributed by atoms with E-state index < -0.39 is 40.6 Å². The second-order valence-electron chi connectivity index (χ2n) is 15.6. The maximum absolute atomic E-state index is 14.5. The lowest BCUT2D eigenvalue weighted by atomic mass is 9.88. The molecule has 8 aromatic carbocycles. The van der Waals surface area contributed by atoms with Crippen LogP contribution in [0.25, 0.3) is 76.5 Å². The molecule has 0 saturated heterocycles. The number of rotatable bonds is 9. The zero-order valence-electron chi connectivity index (χ0n) is 35.1. The second-order valence-corrected chi connectivity index (χ2v) is 17.6. The lowest BCUT2D eigenvalue weighted by Gasteiger charge is -2.22. The fraction of sp³-hybridized carbons (Fsp3) is 0.115. The Labute approximate surface area is 368 Å². The van der Waals surface area contributed by atoms with Crippen molar-refractivity contribution in [3.63, 3.8) is 0 Å². The predicted octanol–water partition coefficient (Wildman–Crippen LogP) is 15.7. The highest BCUT2D eigenvalue weighted by molar-refractivity contribution is 7.32. The van der Waals surface area contributed by atoms with Crippen molar-refractivity contribution in [2.75, 3.05) is 0 Å². The quantitative estimate of drug-likeness (QED) is 0.129. The molecule has 2 heterocycles. The standard InChI is InChI=1S/C52H40O10P2/c1-31(2)55-51(53)41-29-33-17-5-7-19-35(33)47(49(41)61-63-57-43-25-13-9-21-37(43)38-22-10-14-26-44(38)58-63)48-36-20-8-6-18-34(36)30-42(52(54)56-32(3)4)50(48)62-64-59-45-27-15-11-23-39(45)40-24-12-16-28-46(40)60-64/h5-32H,1-4H3. The number of esters is 2. The van der Waals surface area contributed by atoms with Crippen LogP contribution in [-0.4, -0.2) is 24.1 Å². The molecule has 10 nitrogen and oxygen atoms in total. The molecule has 0 aliphatic heterocycles. The Morgan fingerprint density at radius 2 is 0.688 bits per heavy atom. The summed E-state index contributed by atoms with van der Waals surface area (Å²) in [4.78, 5) is 29.0. The zero-order valence-corrected chi connectivity index (χ0v) is 36.9. The number of hydrogen-bond donors (Lipinski definition) is 0. The van der Waals surface area contributed by atoms with E-state index in [1.54, 1.807) is 39.8 Å². The predicted molar refractivity (Wildman–Crippen MR) is 253 cm³/mol. The van der Waals surface area contributed by atoms with E-state index in [2.05, 4.69) is 0 Å². The van der Waals surface area contributed by atoms with Gasteiger partial charge in [-0.2, -0.15) is 0 Å². The third-order valence-corrected chi connectivity index (χ3v) is 12.6. The van der Waals surface area contributed by atoms with Crippen LogP contribution in [-0.2, 0) is 9.47 Å². The van der Waals surface area contributed by atoms with Crippen LogP contribution in [0.4, 0.5) is 0 Å². The van der Waals surface area contributed by atoms with Crippen LogP contribution in [0.1, 0.15) is 48.4 Å². The van der Waals surface area contributed by atoms with Crippen molar-refractivity contribution in [1.82, 2.24) is 0 Å². The highest BCUT2D eigenvalue weighted by Gasteiger charge is 2.32. The van der Waals surface area contributed by atoms with Crippen LogP contribution < -0.4 is 9.05 Å². The molecular weight excluding hydrogens is 847 g/mol. The number of fused-ring (bicyclic) bond motifs is 8. The number of ether oxygens (including phenoxy) is 2. The number of carbonyl (C=O) groups is 2. The third kappa shape index (κ3) is 7.72. The molecule has 0 radical (unpaired) electrons. The smallest absolute Gasteiger partial charge is 0.453 e. The van der Waals surface area contributed by atoms with Crippen molar-refractivity contribution in [2.45, 2.75) is 39.9 Å². The van der Waals surface area contributed by atoms with E-state index in [9.17, 15) is 9.59 Å². The maximum Gasteiger partial charge on any atom is 0.453 e. The van der Waals surface area contributed by atoms with E-state index in [0.717, 1.165) is 21.5 Å². The first-order valence-electron chi connectivity index (χ1n) is 20.8. The van der Waals surface area contributed by atoms with Gasteiger partial charge in [0, 0.05) is 32.7 Å². The fourth-order valence-electron chi connectivity index (χ4n) is 7.86. The van der Waals surface area contributed by atoms with Crippen molar-refractivity contribution < 1.29 is 44.9 Å². The Balaban J connectivity index is 1.35. The molecule has 12 heteroatoms. The molecule has 0 aliphatic carbocycles. The summed E-state index contributed by atoms with van der Waals surface area (Å²) >= 11 is 0. The molecule has 318 valence electrons. The van der Waals surface area contributed by atoms with Gasteiger partial charge >= 0.3 is 28.4 Å². The van der Waals surface area contributed by atoms with Gasteiger partial charge in [-0.3, -0.25) is 0 Å². The van der Waals surface area contributed by atoms with E-state index in [1.807, 2.05) is 146 Å². The summed E-state index contributed by atoms with van der Waals surface area (Å²) in [6.45, 7) is 7.13. The molecule has 10 aromatic rings. The molecule has 0 saturated carbocycles. The van der Waals surface area contributed by atoms with Gasteiger partial charge in [0.2, 0.25) is 0 Å². The summed E-state index contributed by atoms with van der Waals surface area (Å²) in [5.41, 5.74) is 3.15. The van der Waals surface area contributed by atoms with Gasteiger partial charge in [-0.15, -0.1) is 0 Å². The van der Waals surface area contributed by atoms with Crippen LogP contribution in [0.2, 0.25) is 0 Å². The van der Waals surface area contributed by atoms with Gasteiger partial charge in [0.05, 0.1) is 12.2 Å². The molecule has 0 aliphatic rings. The van der Waals surface area contributed by atoms with Crippen LogP contribution in [0.3, 0.4) is 0 Å². The molecule has 0 fully saturated rings. The summed E-state index contributed by atoms with van der Waals surface area (Å²) in [6, 6.07) is 49.1. The number of para-hydroxylation sites is 4. The molecule has 0 atom stereocenters. The molecule has 10 rings (SSSR count). The monoisotopic (exact) mass is 886 g/mol. The van der Waals surface area contributed by atoms with Crippen molar-refractivity contribution >= 4 is 93.8 Å². The minimum Gasteiger partial charge on any atom is -0.459 e. The SMILES string of the molecule is CC(C)OC(=O)c1cc2ccccc2c(-c2c(Op3oc4ccccc4c4ccccc4o3)c(C(=O)OC(C)C)cc3ccccc23)c1Op1oc2ccccc2c2ccccc2o1. The van der Waals surface area contributed by atoms with Gasteiger partial charge in [0.1, 0.15) is 33.5 Å². The minimum absolute atomic E-state index is 0.0860. The normalized spacial score (nSPS) is 11.5. The van der Waals surface area contributed by atoms with Crippen molar-refractivity contribution in [1.29, 1.82) is 0 Å². The lowest BCUT2D eigenvalue weighted by Crippen LogP contribution is -2.14. The third-order valence-electron chi connectivity index (χ3n) is 10.5. The van der Waals surface area contributed by atoms with Gasteiger partial charge in [-0.1, -0.05) is 121 Å². The van der Waals surface area contributed by atoms with Crippen molar-refractivity contribution in [3.8, 4) is 22.6 Å². The highest BCUT2D eigenvalue weighted by Crippen LogP contribution is 2.53. The first-order chi connectivity index (χ1) is 31.2. The fourth-order valence-corrected chi connectivity index (χ4v) is 10.0. The Morgan fingerprint density at radius 1 is 0.406 bits per heavy atom. The molecule has 0 amide bonds. The molecule has 64 heavy (non-hydrogen) atoms. The summed E-state index contributed by atoms with van der Waals surface area (Å²) in [5.74, 6) is -1.11. The van der Waals surface area contributed by atoms with E-state index in [0.29, 0.717) is 55.0 Å². The summed E-state index contributed by atoms with van der Waals surface area (Å²) < 4.78 is 52.4. The maximum atomic E-state index is 14.5. The molecule has 0 spiro atoms.